The van der Waals surface area contributed by atoms with E-state index in [1.807, 2.05) is 0 Å². The standard InChI is InChI=1S/C9H12F2N2O3S/c10-9(11)17(14,15)13-7-2-1-3-8(6-7)16-5-4-12/h1-3,6,9,13H,4-5,12H2. The lowest BCUT2D eigenvalue weighted by Crippen LogP contribution is -2.20. The highest BCUT2D eigenvalue weighted by Crippen LogP contribution is 2.19. The van der Waals surface area contributed by atoms with Crippen molar-refractivity contribution < 1.29 is 21.9 Å². The van der Waals surface area contributed by atoms with E-state index in [-0.39, 0.29) is 12.3 Å². The zero-order valence-corrected chi connectivity index (χ0v) is 9.58. The molecule has 0 bridgehead atoms. The third-order valence-electron chi connectivity index (χ3n) is 1.72. The first-order valence-corrected chi connectivity index (χ1v) is 6.23. The predicted octanol–water partition coefficient (Wildman–Crippen LogP) is 0.988. The highest BCUT2D eigenvalue weighted by molar-refractivity contribution is 7.93. The summed E-state index contributed by atoms with van der Waals surface area (Å²) in [5.41, 5.74) is 5.23. The van der Waals surface area contributed by atoms with Crippen LogP contribution in [0.1, 0.15) is 0 Å². The van der Waals surface area contributed by atoms with Crippen LogP contribution in [0.3, 0.4) is 0 Å². The summed E-state index contributed by atoms with van der Waals surface area (Å²) in [7, 11) is -4.65. The van der Waals surface area contributed by atoms with Crippen LogP contribution in [-0.2, 0) is 10.0 Å². The number of alkyl halides is 2. The van der Waals surface area contributed by atoms with Crippen molar-refractivity contribution in [3.05, 3.63) is 24.3 Å². The highest BCUT2D eigenvalue weighted by Gasteiger charge is 2.23. The Morgan fingerprint density at radius 2 is 2.12 bits per heavy atom. The molecule has 96 valence electrons. The van der Waals surface area contributed by atoms with Crippen molar-refractivity contribution in [1.29, 1.82) is 0 Å². The molecule has 17 heavy (non-hydrogen) atoms. The molecule has 0 aliphatic carbocycles. The van der Waals surface area contributed by atoms with E-state index in [1.54, 1.807) is 10.8 Å². The van der Waals surface area contributed by atoms with Gasteiger partial charge in [0.25, 0.3) is 10.0 Å². The van der Waals surface area contributed by atoms with Crippen LogP contribution in [0.15, 0.2) is 24.3 Å². The summed E-state index contributed by atoms with van der Waals surface area (Å²) in [5.74, 6) is -3.12. The predicted molar refractivity (Wildman–Crippen MR) is 59.5 cm³/mol. The lowest BCUT2D eigenvalue weighted by Gasteiger charge is -2.09. The zero-order valence-electron chi connectivity index (χ0n) is 8.77. The topological polar surface area (TPSA) is 81.4 Å². The molecule has 1 aromatic carbocycles. The molecule has 3 N–H and O–H groups in total. The molecule has 8 heteroatoms. The molecule has 0 heterocycles. The SMILES string of the molecule is NCCOc1cccc(NS(=O)(=O)C(F)F)c1. The molecule has 0 spiro atoms. The summed E-state index contributed by atoms with van der Waals surface area (Å²) in [4.78, 5) is 0. The van der Waals surface area contributed by atoms with E-state index in [4.69, 9.17) is 10.5 Å². The van der Waals surface area contributed by atoms with E-state index in [0.717, 1.165) is 0 Å². The van der Waals surface area contributed by atoms with Crippen LogP contribution in [0, 0.1) is 0 Å². The molecule has 0 aliphatic heterocycles. The van der Waals surface area contributed by atoms with Gasteiger partial charge < -0.3 is 10.5 Å². The van der Waals surface area contributed by atoms with Gasteiger partial charge in [-0.2, -0.15) is 8.78 Å². The third-order valence-corrected chi connectivity index (χ3v) is 2.70. The van der Waals surface area contributed by atoms with E-state index in [2.05, 4.69) is 0 Å². The summed E-state index contributed by atoms with van der Waals surface area (Å²) in [5, 5.41) is 0. The zero-order chi connectivity index (χ0) is 12.9. The molecule has 0 radical (unpaired) electrons. The van der Waals surface area contributed by atoms with Crippen molar-refractivity contribution in [3.8, 4) is 5.75 Å². The lowest BCUT2D eigenvalue weighted by atomic mass is 10.3. The summed E-state index contributed by atoms with van der Waals surface area (Å²) in [6, 6.07) is 5.69. The smallest absolute Gasteiger partial charge is 0.355 e. The van der Waals surface area contributed by atoms with E-state index >= 15 is 0 Å². The molecule has 1 rings (SSSR count). The van der Waals surface area contributed by atoms with Crippen LogP contribution in [-0.4, -0.2) is 27.3 Å². The third kappa shape index (κ3) is 4.16. The Morgan fingerprint density at radius 1 is 1.41 bits per heavy atom. The Morgan fingerprint density at radius 3 is 2.71 bits per heavy atom. The highest BCUT2D eigenvalue weighted by atomic mass is 32.2. The fourth-order valence-electron chi connectivity index (χ4n) is 1.03. The fraction of sp³-hybridized carbons (Fsp3) is 0.333. The normalized spacial score (nSPS) is 11.5. The van der Waals surface area contributed by atoms with Crippen LogP contribution in [0.5, 0.6) is 5.75 Å². The molecule has 0 unspecified atom stereocenters. The molecular weight excluding hydrogens is 254 g/mol. The number of halogens is 2. The monoisotopic (exact) mass is 266 g/mol. The van der Waals surface area contributed by atoms with E-state index < -0.39 is 15.8 Å². The number of anilines is 1. The maximum Gasteiger partial charge on any atom is 0.355 e. The van der Waals surface area contributed by atoms with Crippen LogP contribution < -0.4 is 15.2 Å². The van der Waals surface area contributed by atoms with Gasteiger partial charge in [-0.1, -0.05) is 6.07 Å². The number of rotatable bonds is 6. The Kier molecular flexibility index (Phi) is 4.64. The van der Waals surface area contributed by atoms with E-state index in [9.17, 15) is 17.2 Å². The second-order valence-electron chi connectivity index (χ2n) is 3.07. The van der Waals surface area contributed by atoms with Gasteiger partial charge in [0.05, 0.1) is 5.69 Å². The number of hydrogen-bond donors (Lipinski definition) is 2. The molecule has 1 aromatic rings. The fourth-order valence-corrected chi connectivity index (χ4v) is 1.58. The molecule has 0 aromatic heterocycles. The van der Waals surface area contributed by atoms with Gasteiger partial charge in [-0.15, -0.1) is 0 Å². The summed E-state index contributed by atoms with van der Waals surface area (Å²) in [6.07, 6.45) is 0. The van der Waals surface area contributed by atoms with Gasteiger partial charge in [-0.25, -0.2) is 8.42 Å². The lowest BCUT2D eigenvalue weighted by molar-refractivity contribution is 0.236. The Labute approximate surface area is 97.6 Å². The first-order valence-electron chi connectivity index (χ1n) is 4.68. The summed E-state index contributed by atoms with van der Waals surface area (Å²) >= 11 is 0. The number of benzene rings is 1. The minimum Gasteiger partial charge on any atom is -0.492 e. The van der Waals surface area contributed by atoms with Crippen molar-refractivity contribution in [2.24, 2.45) is 5.73 Å². The van der Waals surface area contributed by atoms with Crippen molar-refractivity contribution in [2.45, 2.75) is 5.76 Å². The van der Waals surface area contributed by atoms with Gasteiger partial charge in [0.1, 0.15) is 12.4 Å². The molecule has 0 aliphatic rings. The van der Waals surface area contributed by atoms with Crippen LogP contribution >= 0.6 is 0 Å². The van der Waals surface area contributed by atoms with Crippen molar-refractivity contribution in [2.75, 3.05) is 17.9 Å². The van der Waals surface area contributed by atoms with Gasteiger partial charge in [0, 0.05) is 12.6 Å². The van der Waals surface area contributed by atoms with E-state index in [1.165, 1.54) is 18.2 Å². The van der Waals surface area contributed by atoms with Gasteiger partial charge >= 0.3 is 5.76 Å². The van der Waals surface area contributed by atoms with Gasteiger partial charge in [-0.3, -0.25) is 4.72 Å². The number of hydrogen-bond acceptors (Lipinski definition) is 4. The minimum atomic E-state index is -4.65. The minimum absolute atomic E-state index is 0.0137. The van der Waals surface area contributed by atoms with Crippen LogP contribution in [0.25, 0.3) is 0 Å². The molecule has 5 nitrogen and oxygen atoms in total. The van der Waals surface area contributed by atoms with Crippen molar-refractivity contribution >= 4 is 15.7 Å². The van der Waals surface area contributed by atoms with Crippen molar-refractivity contribution in [1.82, 2.24) is 0 Å². The molecule has 0 saturated heterocycles. The van der Waals surface area contributed by atoms with Gasteiger partial charge in [-0.05, 0) is 12.1 Å². The molecule has 0 amide bonds. The van der Waals surface area contributed by atoms with Crippen molar-refractivity contribution in [3.63, 3.8) is 0 Å². The number of nitrogens with one attached hydrogen (secondary N) is 1. The molecular formula is C9H12F2N2O3S. The average Bonchev–Trinajstić information content (AvgIpc) is 2.26. The Balaban J connectivity index is 2.79. The maximum atomic E-state index is 12.1. The average molecular weight is 266 g/mol. The van der Waals surface area contributed by atoms with Gasteiger partial charge in [0.15, 0.2) is 0 Å². The first kappa shape index (κ1) is 13.7. The number of sulfonamides is 1. The first-order chi connectivity index (χ1) is 7.95. The molecule has 0 fully saturated rings. The number of nitrogens with two attached hydrogens (primary N) is 1. The van der Waals surface area contributed by atoms with Gasteiger partial charge in [0.2, 0.25) is 0 Å². The largest absolute Gasteiger partial charge is 0.492 e. The Bertz CT molecular complexity index is 465. The second kappa shape index (κ2) is 5.78. The molecule has 0 saturated carbocycles. The molecule has 0 atom stereocenters. The van der Waals surface area contributed by atoms with Crippen LogP contribution in [0.2, 0.25) is 0 Å². The Hall–Kier alpha value is -1.41. The summed E-state index contributed by atoms with van der Waals surface area (Å²) < 4.78 is 52.9. The summed E-state index contributed by atoms with van der Waals surface area (Å²) in [6.45, 7) is 0.554. The quantitative estimate of drug-likeness (QED) is 0.804. The van der Waals surface area contributed by atoms with E-state index in [0.29, 0.717) is 12.3 Å². The number of ether oxygens (including phenoxy) is 1. The maximum absolute atomic E-state index is 12.1. The second-order valence-corrected chi connectivity index (χ2v) is 4.72. The van der Waals surface area contributed by atoms with Crippen LogP contribution in [0.4, 0.5) is 14.5 Å².